The lowest BCUT2D eigenvalue weighted by Gasteiger charge is -2.55. The van der Waals surface area contributed by atoms with Crippen molar-refractivity contribution in [1.29, 1.82) is 0 Å². The summed E-state index contributed by atoms with van der Waals surface area (Å²) in [6, 6.07) is 0. The molecule has 6 heterocycles. The summed E-state index contributed by atoms with van der Waals surface area (Å²) in [6.07, 6.45) is 1.34. The number of hydrogen-bond acceptors (Lipinski definition) is 11. The number of hydrogen-bond donors (Lipinski definition) is 0. The molecule has 0 aromatic rings. The van der Waals surface area contributed by atoms with Crippen LogP contribution in [-0.4, -0.2) is 104 Å². The highest BCUT2D eigenvalue weighted by atomic mass is 16.8. The molecule has 0 amide bonds. The van der Waals surface area contributed by atoms with Crippen molar-refractivity contribution in [2.45, 2.75) is 302 Å². The summed E-state index contributed by atoms with van der Waals surface area (Å²) >= 11 is 0. The van der Waals surface area contributed by atoms with E-state index in [9.17, 15) is 0 Å². The molecule has 11 heteroatoms. The van der Waals surface area contributed by atoms with Crippen LogP contribution in [0.2, 0.25) is 0 Å². The van der Waals surface area contributed by atoms with Crippen molar-refractivity contribution >= 4 is 0 Å². The van der Waals surface area contributed by atoms with Crippen molar-refractivity contribution in [2.24, 2.45) is 88.8 Å². The molecular weight excluding hydrogens is 909 g/mol. The molecule has 0 bridgehead atoms. The Morgan fingerprint density at radius 1 is 0.417 bits per heavy atom. The van der Waals surface area contributed by atoms with Crippen molar-refractivity contribution in [2.75, 3.05) is 0 Å². The Morgan fingerprint density at radius 3 is 1.49 bits per heavy atom. The first-order valence-electron chi connectivity index (χ1n) is 30.1. The van der Waals surface area contributed by atoms with Gasteiger partial charge in [0.15, 0.2) is 30.9 Å². The van der Waals surface area contributed by atoms with E-state index in [0.717, 1.165) is 32.1 Å². The van der Waals surface area contributed by atoms with Crippen LogP contribution in [0.1, 0.15) is 198 Å². The summed E-state index contributed by atoms with van der Waals surface area (Å²) in [4.78, 5) is 0. The van der Waals surface area contributed by atoms with E-state index >= 15 is 0 Å². The van der Waals surface area contributed by atoms with Crippen LogP contribution in [-0.2, 0) is 52.1 Å². The molecule has 12 unspecified atom stereocenters. The fourth-order valence-corrected chi connectivity index (χ4v) is 14.2. The minimum Gasteiger partial charge on any atom is -0.372 e. The highest BCUT2D eigenvalue weighted by Crippen LogP contribution is 2.48. The molecule has 422 valence electrons. The van der Waals surface area contributed by atoms with E-state index in [0.29, 0.717) is 53.8 Å². The second kappa shape index (κ2) is 25.6. The normalized spacial score (nSPS) is 51.5. The second-order valence-corrected chi connectivity index (χ2v) is 25.9. The number of ether oxygens (including phenoxy) is 11. The van der Waals surface area contributed by atoms with Gasteiger partial charge in [-0.05, 0) is 105 Å². The van der Waals surface area contributed by atoms with Gasteiger partial charge in [-0.15, -0.1) is 0 Å². The van der Waals surface area contributed by atoms with E-state index in [4.69, 9.17) is 52.1 Å². The van der Waals surface area contributed by atoms with E-state index in [-0.39, 0.29) is 109 Å². The predicted molar refractivity (Wildman–Crippen MR) is 286 cm³/mol. The molecule has 6 aliphatic rings. The van der Waals surface area contributed by atoms with E-state index in [1.54, 1.807) is 0 Å². The summed E-state index contributed by atoms with van der Waals surface area (Å²) in [5.74, 6) is 3.14. The third kappa shape index (κ3) is 12.7. The average Bonchev–Trinajstić information content (AvgIpc) is 3.35. The molecule has 0 saturated carbocycles. The van der Waals surface area contributed by atoms with Crippen LogP contribution in [0.15, 0.2) is 0 Å². The zero-order valence-corrected chi connectivity index (χ0v) is 50.1. The van der Waals surface area contributed by atoms with Gasteiger partial charge in [-0.2, -0.15) is 0 Å². The molecule has 0 N–H and O–H groups in total. The zero-order chi connectivity index (χ0) is 53.4. The van der Waals surface area contributed by atoms with Gasteiger partial charge in [-0.1, -0.05) is 152 Å². The SMILES string of the molecule is CCC1OC(C(C)C)C(C)[C@@H](C)[C@@H]1O[C@@H]1OC(CC)[C@H](O[C@@H]2OC(CC)[C@H](C)[C@H](O[C@@H]3OC(CC)[C@H](C)[C@H](C)C3O[C@@H]3OC(C)[C@@H](C)[C@H](C)C3C)C2C)[C@H](O[C@]2(C)C[C@@H](C)[C@@H](C)C([C@H](C)[C@H](C)CC)O2)C1C. The molecule has 6 fully saturated rings. The quantitative estimate of drug-likeness (QED) is 0.131. The van der Waals surface area contributed by atoms with Crippen molar-refractivity contribution < 1.29 is 52.1 Å². The Labute approximate surface area is 441 Å². The molecule has 0 aliphatic carbocycles. The van der Waals surface area contributed by atoms with Gasteiger partial charge in [0.1, 0.15) is 12.2 Å². The first kappa shape index (κ1) is 60.8. The molecule has 11 nitrogen and oxygen atoms in total. The van der Waals surface area contributed by atoms with Crippen molar-refractivity contribution in [3.63, 3.8) is 0 Å². The molecule has 6 saturated heterocycles. The first-order chi connectivity index (χ1) is 33.9. The summed E-state index contributed by atoms with van der Waals surface area (Å²) in [7, 11) is 0. The monoisotopic (exact) mass is 1020 g/mol. The van der Waals surface area contributed by atoms with Gasteiger partial charge in [0, 0.05) is 30.1 Å². The minimum absolute atomic E-state index is 0.0371. The van der Waals surface area contributed by atoms with Gasteiger partial charge < -0.3 is 52.1 Å². The third-order valence-corrected chi connectivity index (χ3v) is 20.9. The average molecular weight is 1020 g/mol. The molecular formula is C61H112O11. The maximum atomic E-state index is 7.65. The Morgan fingerprint density at radius 2 is 0.903 bits per heavy atom. The molecule has 0 radical (unpaired) electrons. The highest BCUT2D eigenvalue weighted by molar-refractivity contribution is 4.98. The molecule has 6 rings (SSSR count). The Balaban J connectivity index is 1.33. The zero-order valence-electron chi connectivity index (χ0n) is 50.1. The third-order valence-electron chi connectivity index (χ3n) is 20.9. The molecule has 0 aromatic carbocycles. The fourth-order valence-electron chi connectivity index (χ4n) is 14.2. The Hall–Kier alpha value is -0.440. The van der Waals surface area contributed by atoms with Crippen LogP contribution in [0, 0.1) is 88.8 Å². The Kier molecular flexibility index (Phi) is 21.6. The van der Waals surface area contributed by atoms with Gasteiger partial charge in [-0.25, -0.2) is 0 Å². The molecule has 0 aromatic heterocycles. The van der Waals surface area contributed by atoms with E-state index < -0.39 is 36.9 Å². The predicted octanol–water partition coefficient (Wildman–Crippen LogP) is 13.7. The van der Waals surface area contributed by atoms with E-state index in [1.807, 2.05) is 0 Å². The Bertz CT molecular complexity index is 1630. The van der Waals surface area contributed by atoms with Crippen molar-refractivity contribution in [1.82, 2.24) is 0 Å². The van der Waals surface area contributed by atoms with Crippen molar-refractivity contribution in [3.8, 4) is 0 Å². The molecule has 0 spiro atoms. The van der Waals surface area contributed by atoms with Crippen LogP contribution in [0.5, 0.6) is 0 Å². The summed E-state index contributed by atoms with van der Waals surface area (Å²) < 4.78 is 79.3. The summed E-state index contributed by atoms with van der Waals surface area (Å²) in [5, 5.41) is 0. The number of rotatable bonds is 18. The van der Waals surface area contributed by atoms with Crippen LogP contribution >= 0.6 is 0 Å². The lowest BCUT2D eigenvalue weighted by molar-refractivity contribution is -0.395. The minimum atomic E-state index is -0.861. The smallest absolute Gasteiger partial charge is 0.184 e. The summed E-state index contributed by atoms with van der Waals surface area (Å²) in [6.45, 7) is 52.3. The van der Waals surface area contributed by atoms with Gasteiger partial charge in [0.2, 0.25) is 0 Å². The van der Waals surface area contributed by atoms with Gasteiger partial charge in [-0.3, -0.25) is 0 Å². The summed E-state index contributed by atoms with van der Waals surface area (Å²) in [5.41, 5.74) is 0. The fraction of sp³-hybridized carbons (Fsp3) is 1.00. The standard InChI is InChI=1S/C61H112O11/c1-24-31(8)33(10)52-34(11)32(9)29-61(23,71-52)72-54-44(21)59(68-53-40(17)39(16)50(30(6)7)63-48(53)27-4)66-49(28-5)56(54)70-58-43(20)51(42(19)47(26-3)64-58)67-60-55(38(15)37(14)46(25-2)65-60)69-57-41(18)35(12)36(13)45(22)62-57/h30-60H,24-29H2,1-23H3/t31-,32-,33-,34-,35+,36+,37-,38+,39?,40-,41?,42+,43?,44?,45?,46?,47?,48?,49?,50?,51+,52?,53+,54-,55?,56+,57+,58+,59+,60+,61-/m1/s1. The maximum Gasteiger partial charge on any atom is 0.184 e. The van der Waals surface area contributed by atoms with Crippen molar-refractivity contribution in [3.05, 3.63) is 0 Å². The maximum absolute atomic E-state index is 7.65. The first-order valence-corrected chi connectivity index (χ1v) is 30.1. The van der Waals surface area contributed by atoms with E-state index in [1.165, 1.54) is 0 Å². The van der Waals surface area contributed by atoms with Crippen LogP contribution in [0.4, 0.5) is 0 Å². The lowest BCUT2D eigenvalue weighted by Crippen LogP contribution is -2.64. The van der Waals surface area contributed by atoms with Crippen LogP contribution in [0.25, 0.3) is 0 Å². The van der Waals surface area contributed by atoms with Crippen LogP contribution < -0.4 is 0 Å². The van der Waals surface area contributed by atoms with Gasteiger partial charge in [0.05, 0.1) is 61.0 Å². The molecule has 31 atom stereocenters. The lowest BCUT2D eigenvalue weighted by atomic mass is 9.74. The highest BCUT2D eigenvalue weighted by Gasteiger charge is 2.56. The van der Waals surface area contributed by atoms with Gasteiger partial charge >= 0.3 is 0 Å². The second-order valence-electron chi connectivity index (χ2n) is 25.9. The molecule has 72 heavy (non-hydrogen) atoms. The topological polar surface area (TPSA) is 102 Å². The van der Waals surface area contributed by atoms with E-state index in [2.05, 4.69) is 159 Å². The van der Waals surface area contributed by atoms with Crippen LogP contribution in [0.3, 0.4) is 0 Å². The van der Waals surface area contributed by atoms with Gasteiger partial charge in [0.25, 0.3) is 0 Å². The molecule has 6 aliphatic heterocycles. The largest absolute Gasteiger partial charge is 0.372 e.